The summed E-state index contributed by atoms with van der Waals surface area (Å²) in [6, 6.07) is 7.45. The SMILES string of the molecule is Cc1cnccc1CNc1ccc(Cl)cc1C(N)=S. The maximum atomic E-state index is 5.95. The van der Waals surface area contributed by atoms with Crippen molar-refractivity contribution in [2.75, 3.05) is 5.32 Å². The van der Waals surface area contributed by atoms with E-state index in [1.807, 2.05) is 31.3 Å². The minimum absolute atomic E-state index is 0.330. The van der Waals surface area contributed by atoms with Gasteiger partial charge < -0.3 is 11.1 Å². The van der Waals surface area contributed by atoms with Gasteiger partial charge in [0.1, 0.15) is 4.99 Å². The second kappa shape index (κ2) is 5.99. The molecule has 0 radical (unpaired) electrons. The summed E-state index contributed by atoms with van der Waals surface area (Å²) in [6.45, 7) is 2.71. The first-order valence-electron chi connectivity index (χ1n) is 5.80. The number of halogens is 1. The number of aryl methyl sites for hydroxylation is 1. The molecule has 5 heteroatoms. The summed E-state index contributed by atoms with van der Waals surface area (Å²) in [7, 11) is 0. The van der Waals surface area contributed by atoms with Crippen molar-refractivity contribution in [3.8, 4) is 0 Å². The van der Waals surface area contributed by atoms with Crippen LogP contribution in [-0.2, 0) is 6.54 Å². The first-order chi connectivity index (χ1) is 9.08. The van der Waals surface area contributed by atoms with Crippen LogP contribution in [0.25, 0.3) is 0 Å². The molecule has 0 saturated carbocycles. The Kier molecular flexibility index (Phi) is 4.35. The molecule has 0 spiro atoms. The molecule has 0 aliphatic rings. The van der Waals surface area contributed by atoms with E-state index in [-0.39, 0.29) is 0 Å². The van der Waals surface area contributed by atoms with Gasteiger partial charge in [0.25, 0.3) is 0 Å². The van der Waals surface area contributed by atoms with Crippen LogP contribution in [-0.4, -0.2) is 9.97 Å². The molecule has 2 aromatic rings. The summed E-state index contributed by atoms with van der Waals surface area (Å²) in [5.41, 5.74) is 9.67. The average Bonchev–Trinajstić information content (AvgIpc) is 2.38. The van der Waals surface area contributed by atoms with Gasteiger partial charge >= 0.3 is 0 Å². The van der Waals surface area contributed by atoms with Crippen molar-refractivity contribution in [2.24, 2.45) is 5.73 Å². The Morgan fingerprint density at radius 3 is 2.89 bits per heavy atom. The minimum atomic E-state index is 0.330. The van der Waals surface area contributed by atoms with Crippen LogP contribution in [0.4, 0.5) is 5.69 Å². The molecular weight excluding hydrogens is 278 g/mol. The molecule has 0 saturated heterocycles. The zero-order valence-corrected chi connectivity index (χ0v) is 12.1. The number of rotatable bonds is 4. The molecule has 0 fully saturated rings. The van der Waals surface area contributed by atoms with Gasteiger partial charge in [-0.2, -0.15) is 0 Å². The van der Waals surface area contributed by atoms with Crippen LogP contribution in [0.3, 0.4) is 0 Å². The van der Waals surface area contributed by atoms with E-state index in [1.54, 1.807) is 12.3 Å². The van der Waals surface area contributed by atoms with Crippen LogP contribution in [0.15, 0.2) is 36.7 Å². The number of thiocarbonyl (C=S) groups is 1. The average molecular weight is 292 g/mol. The summed E-state index contributed by atoms with van der Waals surface area (Å²) < 4.78 is 0. The third-order valence-electron chi connectivity index (χ3n) is 2.85. The van der Waals surface area contributed by atoms with E-state index in [9.17, 15) is 0 Å². The molecule has 1 aromatic heterocycles. The summed E-state index contributed by atoms with van der Waals surface area (Å²) in [5, 5.41) is 3.94. The predicted octanol–water partition coefficient (Wildman–Crippen LogP) is 3.29. The summed E-state index contributed by atoms with van der Waals surface area (Å²) in [6.07, 6.45) is 3.62. The lowest BCUT2D eigenvalue weighted by Gasteiger charge is -2.12. The zero-order valence-electron chi connectivity index (χ0n) is 10.5. The number of aromatic nitrogens is 1. The van der Waals surface area contributed by atoms with Gasteiger partial charge in [0.15, 0.2) is 0 Å². The fourth-order valence-corrected chi connectivity index (χ4v) is 2.11. The fourth-order valence-electron chi connectivity index (χ4n) is 1.77. The Morgan fingerprint density at radius 2 is 2.21 bits per heavy atom. The fraction of sp³-hybridized carbons (Fsp3) is 0.143. The Hall–Kier alpha value is -1.65. The van der Waals surface area contributed by atoms with Crippen LogP contribution < -0.4 is 11.1 Å². The monoisotopic (exact) mass is 291 g/mol. The van der Waals surface area contributed by atoms with Crippen molar-refractivity contribution >= 4 is 34.5 Å². The van der Waals surface area contributed by atoms with E-state index in [2.05, 4.69) is 10.3 Å². The van der Waals surface area contributed by atoms with Crippen molar-refractivity contribution in [1.82, 2.24) is 4.98 Å². The minimum Gasteiger partial charge on any atom is -0.389 e. The van der Waals surface area contributed by atoms with Crippen molar-refractivity contribution in [3.63, 3.8) is 0 Å². The van der Waals surface area contributed by atoms with Crippen LogP contribution in [0.2, 0.25) is 5.02 Å². The third-order valence-corrected chi connectivity index (χ3v) is 3.31. The molecular formula is C14H14ClN3S. The molecule has 98 valence electrons. The number of nitrogens with two attached hydrogens (primary N) is 1. The molecule has 0 aliphatic carbocycles. The van der Waals surface area contributed by atoms with Gasteiger partial charge in [-0.3, -0.25) is 4.98 Å². The highest BCUT2D eigenvalue weighted by atomic mass is 35.5. The number of hydrogen-bond donors (Lipinski definition) is 2. The van der Waals surface area contributed by atoms with Crippen molar-refractivity contribution in [2.45, 2.75) is 13.5 Å². The van der Waals surface area contributed by atoms with Gasteiger partial charge in [-0.25, -0.2) is 0 Å². The number of nitrogens with zero attached hydrogens (tertiary/aromatic N) is 1. The lowest BCUT2D eigenvalue weighted by molar-refractivity contribution is 1.09. The van der Waals surface area contributed by atoms with Gasteiger partial charge in [-0.15, -0.1) is 0 Å². The maximum Gasteiger partial charge on any atom is 0.106 e. The molecule has 0 amide bonds. The first-order valence-corrected chi connectivity index (χ1v) is 6.59. The molecule has 0 aliphatic heterocycles. The number of pyridine rings is 1. The van der Waals surface area contributed by atoms with Crippen LogP contribution in [0, 0.1) is 6.92 Å². The largest absolute Gasteiger partial charge is 0.389 e. The van der Waals surface area contributed by atoms with Gasteiger partial charge in [0.2, 0.25) is 0 Å². The molecule has 19 heavy (non-hydrogen) atoms. The predicted molar refractivity (Wildman–Crippen MR) is 83.6 cm³/mol. The van der Waals surface area contributed by atoms with E-state index < -0.39 is 0 Å². The second-order valence-electron chi connectivity index (χ2n) is 4.21. The Labute approximate surface area is 122 Å². The third kappa shape index (κ3) is 3.43. The van der Waals surface area contributed by atoms with Crippen LogP contribution in [0.5, 0.6) is 0 Å². The van der Waals surface area contributed by atoms with E-state index in [4.69, 9.17) is 29.6 Å². The quantitative estimate of drug-likeness (QED) is 0.849. The van der Waals surface area contributed by atoms with Gasteiger partial charge in [-0.05, 0) is 42.3 Å². The second-order valence-corrected chi connectivity index (χ2v) is 5.09. The zero-order chi connectivity index (χ0) is 13.8. The standard InChI is InChI=1S/C14H14ClN3S/c1-9-7-17-5-4-10(9)8-18-13-3-2-11(15)6-12(13)14(16)19/h2-7,18H,8H2,1H3,(H2,16,19). The van der Waals surface area contributed by atoms with E-state index >= 15 is 0 Å². The lowest BCUT2D eigenvalue weighted by atomic mass is 10.1. The summed E-state index contributed by atoms with van der Waals surface area (Å²) >= 11 is 11.0. The summed E-state index contributed by atoms with van der Waals surface area (Å²) in [5.74, 6) is 0. The van der Waals surface area contributed by atoms with Crippen molar-refractivity contribution in [3.05, 3.63) is 58.4 Å². The van der Waals surface area contributed by atoms with Gasteiger partial charge in [0, 0.05) is 35.2 Å². The van der Waals surface area contributed by atoms with E-state index in [0.717, 1.165) is 16.8 Å². The van der Waals surface area contributed by atoms with E-state index in [1.165, 1.54) is 5.56 Å². The highest BCUT2D eigenvalue weighted by Gasteiger charge is 2.06. The Morgan fingerprint density at radius 1 is 1.42 bits per heavy atom. The van der Waals surface area contributed by atoms with Crippen LogP contribution >= 0.6 is 23.8 Å². The van der Waals surface area contributed by atoms with E-state index in [0.29, 0.717) is 16.6 Å². The molecule has 2 rings (SSSR count). The molecule has 1 aromatic carbocycles. The molecule has 0 unspecified atom stereocenters. The van der Waals surface area contributed by atoms with Crippen molar-refractivity contribution in [1.29, 1.82) is 0 Å². The first kappa shape index (κ1) is 13.8. The maximum absolute atomic E-state index is 5.95. The Balaban J connectivity index is 2.20. The highest BCUT2D eigenvalue weighted by Crippen LogP contribution is 2.21. The molecule has 0 bridgehead atoms. The van der Waals surface area contributed by atoms with Gasteiger partial charge in [0.05, 0.1) is 0 Å². The Bertz CT molecular complexity index is 613. The van der Waals surface area contributed by atoms with Crippen molar-refractivity contribution < 1.29 is 0 Å². The normalized spacial score (nSPS) is 10.2. The number of nitrogens with one attached hydrogen (secondary N) is 1. The molecule has 0 atom stereocenters. The van der Waals surface area contributed by atoms with Gasteiger partial charge in [-0.1, -0.05) is 23.8 Å². The highest BCUT2D eigenvalue weighted by molar-refractivity contribution is 7.80. The molecule has 3 nitrogen and oxygen atoms in total. The van der Waals surface area contributed by atoms with Crippen LogP contribution in [0.1, 0.15) is 16.7 Å². The smallest absolute Gasteiger partial charge is 0.106 e. The lowest BCUT2D eigenvalue weighted by Crippen LogP contribution is -2.13. The topological polar surface area (TPSA) is 50.9 Å². The number of anilines is 1. The molecule has 3 N–H and O–H groups in total. The summed E-state index contributed by atoms with van der Waals surface area (Å²) in [4.78, 5) is 4.40. The number of hydrogen-bond acceptors (Lipinski definition) is 3. The molecule has 1 heterocycles. The number of benzene rings is 1.